The van der Waals surface area contributed by atoms with Gasteiger partial charge in [-0.2, -0.15) is 5.10 Å². The molecule has 0 bridgehead atoms. The molecule has 0 amide bonds. The molecule has 1 heterocycles. The summed E-state index contributed by atoms with van der Waals surface area (Å²) in [4.78, 5) is 3.91. The van der Waals surface area contributed by atoms with Crippen molar-refractivity contribution >= 4 is 0 Å². The molecule has 130 valence electrons. The van der Waals surface area contributed by atoms with Crippen LogP contribution in [0.2, 0.25) is 0 Å². The average Bonchev–Trinajstić information content (AvgIpc) is 3.12. The Morgan fingerprint density at radius 2 is 1.60 bits per heavy atom. The van der Waals surface area contributed by atoms with E-state index in [2.05, 4.69) is 16.1 Å². The number of aliphatic hydroxyl groups excluding tert-OH is 1. The maximum Gasteiger partial charge on any atom is 0.138 e. The molecule has 0 aliphatic carbocycles. The summed E-state index contributed by atoms with van der Waals surface area (Å²) in [5.74, 6) is 1.43. The van der Waals surface area contributed by atoms with E-state index in [0.717, 1.165) is 22.6 Å². The Hall–Kier alpha value is -2.86. The summed E-state index contributed by atoms with van der Waals surface area (Å²) in [7, 11) is 0. The molecule has 3 rings (SSSR count). The monoisotopic (exact) mass is 339 g/mol. The third-order valence-electron chi connectivity index (χ3n) is 3.60. The number of aromatic nitrogens is 3. The minimum atomic E-state index is -0.712. The molecule has 0 fully saturated rings. The van der Waals surface area contributed by atoms with Crippen LogP contribution < -0.4 is 9.47 Å². The third-order valence-corrected chi connectivity index (χ3v) is 3.60. The van der Waals surface area contributed by atoms with Crippen LogP contribution in [0.3, 0.4) is 0 Å². The van der Waals surface area contributed by atoms with Crippen LogP contribution in [-0.2, 0) is 0 Å². The van der Waals surface area contributed by atoms with Crippen LogP contribution in [0.1, 0.15) is 11.1 Å². The second-order valence-corrected chi connectivity index (χ2v) is 5.93. The van der Waals surface area contributed by atoms with E-state index in [-0.39, 0.29) is 13.2 Å². The van der Waals surface area contributed by atoms with Gasteiger partial charge < -0.3 is 14.6 Å². The van der Waals surface area contributed by atoms with Gasteiger partial charge in [0.15, 0.2) is 0 Å². The average molecular weight is 339 g/mol. The number of hydrogen-bond acceptors (Lipinski definition) is 5. The second-order valence-electron chi connectivity index (χ2n) is 5.93. The molecule has 0 aliphatic heterocycles. The van der Waals surface area contributed by atoms with Gasteiger partial charge in [0, 0.05) is 0 Å². The predicted octanol–water partition coefficient (Wildman–Crippen LogP) is 2.70. The Morgan fingerprint density at radius 3 is 2.20 bits per heavy atom. The number of aryl methyl sites for hydroxylation is 2. The van der Waals surface area contributed by atoms with Crippen molar-refractivity contribution in [1.82, 2.24) is 14.8 Å². The van der Waals surface area contributed by atoms with Crippen LogP contribution in [0, 0.1) is 13.8 Å². The summed E-state index contributed by atoms with van der Waals surface area (Å²) in [6, 6.07) is 13.4. The molecule has 1 N–H and O–H groups in total. The smallest absolute Gasteiger partial charge is 0.138 e. The van der Waals surface area contributed by atoms with Crippen molar-refractivity contribution in [1.29, 1.82) is 0 Å². The van der Waals surface area contributed by atoms with Crippen LogP contribution in [0.5, 0.6) is 11.5 Å². The maximum atomic E-state index is 10.0. The van der Waals surface area contributed by atoms with Gasteiger partial charge in [-0.25, -0.2) is 9.67 Å². The zero-order chi connectivity index (χ0) is 17.6. The Morgan fingerprint density at radius 1 is 0.960 bits per heavy atom. The van der Waals surface area contributed by atoms with E-state index in [4.69, 9.17) is 9.47 Å². The molecule has 0 aliphatic rings. The van der Waals surface area contributed by atoms with E-state index in [1.165, 1.54) is 6.33 Å². The quantitative estimate of drug-likeness (QED) is 0.717. The molecule has 0 saturated heterocycles. The van der Waals surface area contributed by atoms with Gasteiger partial charge in [0.2, 0.25) is 0 Å². The summed E-state index contributed by atoms with van der Waals surface area (Å²) in [6.07, 6.45) is 2.40. The molecule has 2 aromatic carbocycles. The van der Waals surface area contributed by atoms with E-state index >= 15 is 0 Å². The molecule has 3 aromatic rings. The minimum Gasteiger partial charge on any atom is -0.491 e. The van der Waals surface area contributed by atoms with Crippen LogP contribution in [0.15, 0.2) is 55.1 Å². The normalized spacial score (nSPS) is 12.0. The van der Waals surface area contributed by atoms with Crippen molar-refractivity contribution in [2.75, 3.05) is 13.2 Å². The van der Waals surface area contributed by atoms with Gasteiger partial charge in [-0.15, -0.1) is 0 Å². The first-order chi connectivity index (χ1) is 12.1. The highest BCUT2D eigenvalue weighted by atomic mass is 16.5. The summed E-state index contributed by atoms with van der Waals surface area (Å²) in [5.41, 5.74) is 3.16. The highest BCUT2D eigenvalue weighted by Crippen LogP contribution is 2.17. The van der Waals surface area contributed by atoms with Crippen molar-refractivity contribution in [3.8, 4) is 17.2 Å². The van der Waals surface area contributed by atoms with Gasteiger partial charge in [0.1, 0.15) is 43.5 Å². The lowest BCUT2D eigenvalue weighted by Crippen LogP contribution is -2.25. The lowest BCUT2D eigenvalue weighted by Gasteiger charge is -2.14. The molecule has 0 radical (unpaired) electrons. The minimum absolute atomic E-state index is 0.160. The Balaban J connectivity index is 1.48. The predicted molar refractivity (Wildman–Crippen MR) is 94.3 cm³/mol. The first kappa shape index (κ1) is 17.0. The molecule has 0 spiro atoms. The molecule has 25 heavy (non-hydrogen) atoms. The van der Waals surface area contributed by atoms with E-state index < -0.39 is 6.10 Å². The Kier molecular flexibility index (Phi) is 5.30. The third kappa shape index (κ3) is 4.81. The maximum absolute atomic E-state index is 10.0. The lowest BCUT2D eigenvalue weighted by molar-refractivity contribution is 0.0626. The topological polar surface area (TPSA) is 69.4 Å². The zero-order valence-corrected chi connectivity index (χ0v) is 14.3. The van der Waals surface area contributed by atoms with Crippen molar-refractivity contribution < 1.29 is 14.6 Å². The SMILES string of the molecule is Cc1cc(C)cc(OCC(O)COc2ccc(-n3cncn3)cc2)c1. The van der Waals surface area contributed by atoms with Gasteiger partial charge in [-0.3, -0.25) is 0 Å². The molecular formula is C19H21N3O3. The number of benzene rings is 2. The van der Waals surface area contributed by atoms with Crippen molar-refractivity contribution in [2.45, 2.75) is 20.0 Å². The summed E-state index contributed by atoms with van der Waals surface area (Å²) in [6.45, 7) is 4.37. The summed E-state index contributed by atoms with van der Waals surface area (Å²) in [5, 5.41) is 14.1. The lowest BCUT2D eigenvalue weighted by atomic mass is 10.1. The molecule has 1 aromatic heterocycles. The number of hydrogen-bond donors (Lipinski definition) is 1. The van der Waals surface area contributed by atoms with Crippen molar-refractivity contribution in [3.63, 3.8) is 0 Å². The molecule has 1 atom stereocenters. The fourth-order valence-corrected chi connectivity index (χ4v) is 2.49. The Labute approximate surface area is 146 Å². The molecule has 6 nitrogen and oxygen atoms in total. The molecule has 6 heteroatoms. The van der Waals surface area contributed by atoms with Crippen molar-refractivity contribution in [2.24, 2.45) is 0 Å². The Bertz CT molecular complexity index is 781. The van der Waals surface area contributed by atoms with E-state index in [1.807, 2.05) is 50.2 Å². The first-order valence-corrected chi connectivity index (χ1v) is 8.07. The number of ether oxygens (including phenoxy) is 2. The molecule has 1 unspecified atom stereocenters. The summed E-state index contributed by atoms with van der Waals surface area (Å²) >= 11 is 0. The second kappa shape index (κ2) is 7.81. The fourth-order valence-electron chi connectivity index (χ4n) is 2.49. The van der Waals surface area contributed by atoms with Crippen molar-refractivity contribution in [3.05, 3.63) is 66.2 Å². The highest BCUT2D eigenvalue weighted by Gasteiger charge is 2.08. The van der Waals surface area contributed by atoms with Gasteiger partial charge in [0.25, 0.3) is 0 Å². The van der Waals surface area contributed by atoms with Crippen LogP contribution >= 0.6 is 0 Å². The van der Waals surface area contributed by atoms with Crippen LogP contribution in [0.4, 0.5) is 0 Å². The van der Waals surface area contributed by atoms with E-state index in [9.17, 15) is 5.11 Å². The highest BCUT2D eigenvalue weighted by molar-refractivity contribution is 5.36. The zero-order valence-electron chi connectivity index (χ0n) is 14.3. The summed E-state index contributed by atoms with van der Waals surface area (Å²) < 4.78 is 12.9. The number of aliphatic hydroxyl groups is 1. The van der Waals surface area contributed by atoms with E-state index in [1.54, 1.807) is 11.0 Å². The number of rotatable bonds is 7. The van der Waals surface area contributed by atoms with Gasteiger partial charge in [-0.1, -0.05) is 6.07 Å². The first-order valence-electron chi connectivity index (χ1n) is 8.07. The van der Waals surface area contributed by atoms with Gasteiger partial charge >= 0.3 is 0 Å². The molecule has 0 saturated carbocycles. The largest absolute Gasteiger partial charge is 0.491 e. The fraction of sp³-hybridized carbons (Fsp3) is 0.263. The molecular weight excluding hydrogens is 318 g/mol. The number of nitrogens with zero attached hydrogens (tertiary/aromatic N) is 3. The van der Waals surface area contributed by atoms with E-state index in [0.29, 0.717) is 5.75 Å². The van der Waals surface area contributed by atoms with Crippen LogP contribution in [-0.4, -0.2) is 39.2 Å². The van der Waals surface area contributed by atoms with Gasteiger partial charge in [-0.05, 0) is 61.4 Å². The standard InChI is InChI=1S/C19H21N3O3/c1-14-7-15(2)9-19(8-14)25-11-17(23)10-24-18-5-3-16(4-6-18)22-13-20-12-21-22/h3-9,12-13,17,23H,10-11H2,1-2H3. The van der Waals surface area contributed by atoms with Crippen LogP contribution in [0.25, 0.3) is 5.69 Å². The van der Waals surface area contributed by atoms with Gasteiger partial charge in [0.05, 0.1) is 5.69 Å².